The predicted molar refractivity (Wildman–Crippen MR) is 49.1 cm³/mol. The summed E-state index contributed by atoms with van der Waals surface area (Å²) in [6.45, 7) is 3.57. The average Bonchev–Trinajstić information content (AvgIpc) is 2.09. The Labute approximate surface area is 72.8 Å². The molecule has 1 N–H and O–H groups in total. The van der Waals surface area contributed by atoms with Gasteiger partial charge in [-0.3, -0.25) is 0 Å². The standard InChI is InChI=1S/C9H14N2O/c1-3-10-9-5-4-8(6-11-9)7-12-2/h4-6H,3,7H2,1-2H3,(H,10,11). The normalized spacial score (nSPS) is 9.83. The summed E-state index contributed by atoms with van der Waals surface area (Å²) in [5.41, 5.74) is 1.10. The molecule has 0 saturated heterocycles. The molecule has 1 aromatic heterocycles. The molecule has 0 saturated carbocycles. The van der Waals surface area contributed by atoms with E-state index in [2.05, 4.69) is 10.3 Å². The van der Waals surface area contributed by atoms with Gasteiger partial charge >= 0.3 is 0 Å². The van der Waals surface area contributed by atoms with Gasteiger partial charge in [-0.05, 0) is 18.6 Å². The molecular weight excluding hydrogens is 152 g/mol. The van der Waals surface area contributed by atoms with Crippen LogP contribution in [0.25, 0.3) is 0 Å². The quantitative estimate of drug-likeness (QED) is 0.738. The molecule has 0 radical (unpaired) electrons. The molecule has 1 heterocycles. The van der Waals surface area contributed by atoms with E-state index in [1.165, 1.54) is 0 Å². The lowest BCUT2D eigenvalue weighted by molar-refractivity contribution is 0.184. The highest BCUT2D eigenvalue weighted by Gasteiger charge is 1.92. The second kappa shape index (κ2) is 4.72. The minimum Gasteiger partial charge on any atom is -0.380 e. The highest BCUT2D eigenvalue weighted by Crippen LogP contribution is 2.04. The average molecular weight is 166 g/mol. The van der Waals surface area contributed by atoms with Gasteiger partial charge in [-0.2, -0.15) is 0 Å². The molecule has 0 aliphatic heterocycles. The van der Waals surface area contributed by atoms with Crippen LogP contribution in [0.2, 0.25) is 0 Å². The zero-order chi connectivity index (χ0) is 8.81. The van der Waals surface area contributed by atoms with Crippen molar-refractivity contribution in [3.8, 4) is 0 Å². The first-order valence-electron chi connectivity index (χ1n) is 4.04. The third-order valence-corrected chi connectivity index (χ3v) is 1.49. The van der Waals surface area contributed by atoms with Crippen molar-refractivity contribution in [3.63, 3.8) is 0 Å². The van der Waals surface area contributed by atoms with Crippen LogP contribution in [-0.2, 0) is 11.3 Å². The van der Waals surface area contributed by atoms with Crippen LogP contribution in [0.15, 0.2) is 18.3 Å². The summed E-state index contributed by atoms with van der Waals surface area (Å²) in [4.78, 5) is 4.20. The summed E-state index contributed by atoms with van der Waals surface area (Å²) >= 11 is 0. The maximum absolute atomic E-state index is 4.97. The smallest absolute Gasteiger partial charge is 0.125 e. The lowest BCUT2D eigenvalue weighted by Crippen LogP contribution is -1.99. The first-order chi connectivity index (χ1) is 5.86. The number of anilines is 1. The molecule has 0 aromatic carbocycles. The minimum atomic E-state index is 0.624. The second-order valence-electron chi connectivity index (χ2n) is 2.52. The molecule has 0 fully saturated rings. The van der Waals surface area contributed by atoms with Crippen molar-refractivity contribution >= 4 is 5.82 Å². The van der Waals surface area contributed by atoms with Crippen molar-refractivity contribution in [2.45, 2.75) is 13.5 Å². The molecule has 3 nitrogen and oxygen atoms in total. The van der Waals surface area contributed by atoms with E-state index in [-0.39, 0.29) is 0 Å². The van der Waals surface area contributed by atoms with Crippen molar-refractivity contribution in [3.05, 3.63) is 23.9 Å². The van der Waals surface area contributed by atoms with Gasteiger partial charge in [-0.15, -0.1) is 0 Å². The maximum atomic E-state index is 4.97. The molecule has 1 aromatic rings. The fourth-order valence-electron chi connectivity index (χ4n) is 0.962. The molecule has 3 heteroatoms. The number of ether oxygens (including phenoxy) is 1. The van der Waals surface area contributed by atoms with Crippen LogP contribution in [0, 0.1) is 0 Å². The molecule has 0 atom stereocenters. The number of pyridine rings is 1. The number of hydrogen-bond donors (Lipinski definition) is 1. The number of nitrogens with one attached hydrogen (secondary N) is 1. The van der Waals surface area contributed by atoms with Gasteiger partial charge in [0.2, 0.25) is 0 Å². The Balaban J connectivity index is 2.58. The van der Waals surface area contributed by atoms with Crippen LogP contribution in [0.5, 0.6) is 0 Å². The van der Waals surface area contributed by atoms with Gasteiger partial charge in [0.25, 0.3) is 0 Å². The van der Waals surface area contributed by atoms with Crippen LogP contribution in [0.1, 0.15) is 12.5 Å². The molecule has 0 unspecified atom stereocenters. The topological polar surface area (TPSA) is 34.1 Å². The van der Waals surface area contributed by atoms with Crippen LogP contribution < -0.4 is 5.32 Å². The van der Waals surface area contributed by atoms with E-state index >= 15 is 0 Å². The fraction of sp³-hybridized carbons (Fsp3) is 0.444. The first kappa shape index (κ1) is 9.00. The Bertz CT molecular complexity index is 195. The molecule has 0 aliphatic rings. The van der Waals surface area contributed by atoms with Crippen molar-refractivity contribution in [2.24, 2.45) is 0 Å². The predicted octanol–water partition coefficient (Wildman–Crippen LogP) is 1.66. The summed E-state index contributed by atoms with van der Waals surface area (Å²) < 4.78 is 4.97. The SMILES string of the molecule is CCNc1ccc(COC)cn1. The molecule has 0 bridgehead atoms. The fourth-order valence-corrected chi connectivity index (χ4v) is 0.962. The van der Waals surface area contributed by atoms with Gasteiger partial charge in [-0.1, -0.05) is 6.07 Å². The van der Waals surface area contributed by atoms with E-state index in [0.717, 1.165) is 17.9 Å². The maximum Gasteiger partial charge on any atom is 0.125 e. The van der Waals surface area contributed by atoms with E-state index in [1.807, 2.05) is 25.3 Å². The zero-order valence-electron chi connectivity index (χ0n) is 7.50. The first-order valence-corrected chi connectivity index (χ1v) is 4.04. The van der Waals surface area contributed by atoms with Crippen LogP contribution in [-0.4, -0.2) is 18.6 Å². The van der Waals surface area contributed by atoms with Crippen molar-refractivity contribution in [1.29, 1.82) is 0 Å². The zero-order valence-corrected chi connectivity index (χ0v) is 7.50. The molecule has 0 amide bonds. The molecule has 1 rings (SSSR count). The summed E-state index contributed by atoms with van der Waals surface area (Å²) in [7, 11) is 1.68. The van der Waals surface area contributed by atoms with E-state index in [1.54, 1.807) is 7.11 Å². The van der Waals surface area contributed by atoms with Gasteiger partial charge in [0.05, 0.1) is 6.61 Å². The monoisotopic (exact) mass is 166 g/mol. The highest BCUT2D eigenvalue weighted by atomic mass is 16.5. The molecule has 12 heavy (non-hydrogen) atoms. The van der Waals surface area contributed by atoms with E-state index in [9.17, 15) is 0 Å². The number of rotatable bonds is 4. The number of hydrogen-bond acceptors (Lipinski definition) is 3. The summed E-state index contributed by atoms with van der Waals surface area (Å²) in [6.07, 6.45) is 1.82. The Hall–Kier alpha value is -1.09. The largest absolute Gasteiger partial charge is 0.380 e. The molecule has 66 valence electrons. The van der Waals surface area contributed by atoms with Crippen molar-refractivity contribution < 1.29 is 4.74 Å². The number of methoxy groups -OCH3 is 1. The van der Waals surface area contributed by atoms with E-state index in [4.69, 9.17) is 4.74 Å². The highest BCUT2D eigenvalue weighted by molar-refractivity contribution is 5.34. The Kier molecular flexibility index (Phi) is 3.54. The van der Waals surface area contributed by atoms with Crippen LogP contribution in [0.4, 0.5) is 5.82 Å². The second-order valence-corrected chi connectivity index (χ2v) is 2.52. The lowest BCUT2D eigenvalue weighted by atomic mass is 10.3. The third-order valence-electron chi connectivity index (χ3n) is 1.49. The van der Waals surface area contributed by atoms with E-state index < -0.39 is 0 Å². The summed E-state index contributed by atoms with van der Waals surface area (Å²) in [5.74, 6) is 0.914. The van der Waals surface area contributed by atoms with Gasteiger partial charge in [0.1, 0.15) is 5.82 Å². The number of aromatic nitrogens is 1. The Morgan fingerprint density at radius 1 is 1.50 bits per heavy atom. The molecule has 0 spiro atoms. The van der Waals surface area contributed by atoms with Gasteiger partial charge in [0, 0.05) is 19.9 Å². The van der Waals surface area contributed by atoms with Gasteiger partial charge in [-0.25, -0.2) is 4.98 Å². The molecular formula is C9H14N2O. The third kappa shape index (κ3) is 2.51. The van der Waals surface area contributed by atoms with Crippen molar-refractivity contribution in [1.82, 2.24) is 4.98 Å². The van der Waals surface area contributed by atoms with E-state index in [0.29, 0.717) is 6.61 Å². The number of nitrogens with zero attached hydrogens (tertiary/aromatic N) is 1. The minimum absolute atomic E-state index is 0.624. The van der Waals surface area contributed by atoms with Gasteiger partial charge in [0.15, 0.2) is 0 Å². The van der Waals surface area contributed by atoms with Gasteiger partial charge < -0.3 is 10.1 Å². The lowest BCUT2D eigenvalue weighted by Gasteiger charge is -2.02. The van der Waals surface area contributed by atoms with Crippen LogP contribution in [0.3, 0.4) is 0 Å². The Morgan fingerprint density at radius 2 is 2.33 bits per heavy atom. The Morgan fingerprint density at radius 3 is 2.83 bits per heavy atom. The summed E-state index contributed by atoms with van der Waals surface area (Å²) in [5, 5.41) is 3.12. The van der Waals surface area contributed by atoms with Crippen molar-refractivity contribution in [2.75, 3.05) is 19.0 Å². The summed E-state index contributed by atoms with van der Waals surface area (Å²) in [6, 6.07) is 3.96. The van der Waals surface area contributed by atoms with Crippen LogP contribution >= 0.6 is 0 Å². The molecule has 0 aliphatic carbocycles.